The molecule has 0 radical (unpaired) electrons. The first-order chi connectivity index (χ1) is 12.5. The summed E-state index contributed by atoms with van der Waals surface area (Å²) in [5, 5.41) is 6.14. The molecule has 6 nitrogen and oxygen atoms in total. The Labute approximate surface area is 170 Å². The molecule has 3 amide bonds. The molecule has 2 N–H and O–H groups in total. The topological polar surface area (TPSA) is 78.5 Å². The van der Waals surface area contributed by atoms with Crippen molar-refractivity contribution in [2.75, 3.05) is 24.2 Å². The Morgan fingerprint density at radius 2 is 2.07 bits per heavy atom. The van der Waals surface area contributed by atoms with Crippen molar-refractivity contribution in [1.82, 2.24) is 10.2 Å². The molecule has 148 valence electrons. The van der Waals surface area contributed by atoms with Crippen LogP contribution >= 0.6 is 24.2 Å². The lowest BCUT2D eigenvalue weighted by Gasteiger charge is -2.28. The molecule has 2 heterocycles. The maximum atomic E-state index is 12.3. The fourth-order valence-corrected chi connectivity index (χ4v) is 4.17. The van der Waals surface area contributed by atoms with E-state index in [1.165, 1.54) is 17.7 Å². The van der Waals surface area contributed by atoms with E-state index < -0.39 is 0 Å². The Bertz CT molecular complexity index is 661. The van der Waals surface area contributed by atoms with Crippen LogP contribution in [0.3, 0.4) is 0 Å². The molecule has 2 unspecified atom stereocenters. The van der Waals surface area contributed by atoms with Crippen LogP contribution in [0.4, 0.5) is 10.5 Å². The maximum Gasteiger partial charge on any atom is 0.289 e. The number of imide groups is 1. The number of thioether (sulfide) groups is 1. The normalized spacial score (nSPS) is 20.9. The van der Waals surface area contributed by atoms with Crippen LogP contribution < -0.4 is 10.6 Å². The molecule has 1 aromatic rings. The molecule has 2 aliphatic heterocycles. The van der Waals surface area contributed by atoms with E-state index in [0.29, 0.717) is 18.3 Å². The molecule has 0 saturated carbocycles. The number of carbonyl (C=O) groups is 3. The van der Waals surface area contributed by atoms with Crippen LogP contribution in [0.2, 0.25) is 0 Å². The first-order valence-electron chi connectivity index (χ1n) is 9.09. The van der Waals surface area contributed by atoms with Crippen molar-refractivity contribution in [1.29, 1.82) is 0 Å². The number of rotatable bonds is 6. The van der Waals surface area contributed by atoms with Gasteiger partial charge in [-0.1, -0.05) is 30.8 Å². The van der Waals surface area contributed by atoms with Gasteiger partial charge in [0.05, 0.1) is 12.3 Å². The van der Waals surface area contributed by atoms with Crippen molar-refractivity contribution >= 4 is 46.9 Å². The van der Waals surface area contributed by atoms with Crippen LogP contribution in [0.5, 0.6) is 0 Å². The summed E-state index contributed by atoms with van der Waals surface area (Å²) in [6, 6.07) is 7.32. The summed E-state index contributed by atoms with van der Waals surface area (Å²) in [5.41, 5.74) is 1.61. The summed E-state index contributed by atoms with van der Waals surface area (Å²) < 4.78 is 0. The third kappa shape index (κ3) is 5.96. The monoisotopic (exact) mass is 411 g/mol. The first kappa shape index (κ1) is 21.7. The summed E-state index contributed by atoms with van der Waals surface area (Å²) in [4.78, 5) is 36.8. The predicted molar refractivity (Wildman–Crippen MR) is 110 cm³/mol. The Balaban J connectivity index is 0.00000261. The summed E-state index contributed by atoms with van der Waals surface area (Å²) in [7, 11) is 0. The van der Waals surface area contributed by atoms with Crippen molar-refractivity contribution in [3.05, 3.63) is 29.8 Å². The molecule has 2 atom stereocenters. The zero-order valence-corrected chi connectivity index (χ0v) is 17.0. The fraction of sp³-hybridized carbons (Fsp3) is 0.526. The van der Waals surface area contributed by atoms with E-state index in [-0.39, 0.29) is 41.8 Å². The highest BCUT2D eigenvalue weighted by atomic mass is 35.5. The smallest absolute Gasteiger partial charge is 0.289 e. The quantitative estimate of drug-likeness (QED) is 0.751. The molecule has 3 rings (SSSR count). The second-order valence-corrected chi connectivity index (χ2v) is 7.99. The number of nitrogens with one attached hydrogen (secondary N) is 2. The second-order valence-electron chi connectivity index (χ2n) is 7.07. The van der Waals surface area contributed by atoms with Gasteiger partial charge in [-0.15, -0.1) is 12.4 Å². The number of carbonyl (C=O) groups excluding carboxylic acids is 3. The number of piperidine rings is 1. The molecule has 0 aliphatic carbocycles. The summed E-state index contributed by atoms with van der Waals surface area (Å²) >= 11 is 1.04. The lowest BCUT2D eigenvalue weighted by molar-refractivity contribution is -0.125. The molecule has 0 aromatic heterocycles. The minimum absolute atomic E-state index is 0. The van der Waals surface area contributed by atoms with Gasteiger partial charge in [-0.25, -0.2) is 0 Å². The van der Waals surface area contributed by atoms with Gasteiger partial charge in [-0.2, -0.15) is 0 Å². The molecule has 2 fully saturated rings. The summed E-state index contributed by atoms with van der Waals surface area (Å²) in [6.07, 6.45) is 2.88. The molecule has 2 aliphatic rings. The lowest BCUT2D eigenvalue weighted by Crippen LogP contribution is -2.34. The van der Waals surface area contributed by atoms with Crippen LogP contribution in [-0.4, -0.2) is 40.8 Å². The number of hydrogen-bond donors (Lipinski definition) is 2. The Hall–Kier alpha value is -1.57. The van der Waals surface area contributed by atoms with Gasteiger partial charge in [-0.3, -0.25) is 19.3 Å². The van der Waals surface area contributed by atoms with E-state index in [1.807, 2.05) is 24.3 Å². The van der Waals surface area contributed by atoms with Crippen LogP contribution in [0.1, 0.15) is 31.7 Å². The average molecular weight is 412 g/mol. The average Bonchev–Trinajstić information content (AvgIpc) is 2.96. The number of anilines is 1. The number of halogens is 1. The van der Waals surface area contributed by atoms with Gasteiger partial charge in [-0.05, 0) is 55.5 Å². The molecular formula is C19H26ClN3O3S. The Morgan fingerprint density at radius 1 is 1.33 bits per heavy atom. The molecule has 1 aromatic carbocycles. The molecule has 8 heteroatoms. The van der Waals surface area contributed by atoms with Crippen molar-refractivity contribution in [2.24, 2.45) is 11.8 Å². The molecule has 27 heavy (non-hydrogen) atoms. The molecular weight excluding hydrogens is 386 g/mol. The largest absolute Gasteiger partial charge is 0.326 e. The van der Waals surface area contributed by atoms with Gasteiger partial charge in [0.2, 0.25) is 11.8 Å². The van der Waals surface area contributed by atoms with Crippen molar-refractivity contribution in [3.63, 3.8) is 0 Å². The number of benzene rings is 1. The minimum atomic E-state index is -0.196. The fourth-order valence-electron chi connectivity index (χ4n) is 3.45. The second kappa shape index (κ2) is 10.1. The number of hydrogen-bond acceptors (Lipinski definition) is 5. The van der Waals surface area contributed by atoms with Gasteiger partial charge in [0.1, 0.15) is 0 Å². The van der Waals surface area contributed by atoms with E-state index in [0.717, 1.165) is 36.1 Å². The van der Waals surface area contributed by atoms with Crippen LogP contribution in [0, 0.1) is 11.8 Å². The lowest BCUT2D eigenvalue weighted by atomic mass is 9.85. The van der Waals surface area contributed by atoms with E-state index >= 15 is 0 Å². The zero-order chi connectivity index (χ0) is 18.5. The third-order valence-electron chi connectivity index (χ3n) is 5.07. The van der Waals surface area contributed by atoms with Gasteiger partial charge < -0.3 is 10.6 Å². The van der Waals surface area contributed by atoms with Gasteiger partial charge in [0, 0.05) is 12.1 Å². The Morgan fingerprint density at radius 3 is 2.67 bits per heavy atom. The third-order valence-corrected chi connectivity index (χ3v) is 5.92. The SMILES string of the molecule is CC(CC(=O)Nc1ccc(CN2C(=O)CSC2=O)cc1)C1CCCNC1.Cl. The Kier molecular flexibility index (Phi) is 8.13. The highest BCUT2D eigenvalue weighted by Crippen LogP contribution is 2.24. The van der Waals surface area contributed by atoms with Gasteiger partial charge >= 0.3 is 0 Å². The maximum absolute atomic E-state index is 12.3. The van der Waals surface area contributed by atoms with Gasteiger partial charge in [0.25, 0.3) is 5.24 Å². The van der Waals surface area contributed by atoms with E-state index in [9.17, 15) is 14.4 Å². The minimum Gasteiger partial charge on any atom is -0.326 e. The van der Waals surface area contributed by atoms with Crippen molar-refractivity contribution in [2.45, 2.75) is 32.7 Å². The van der Waals surface area contributed by atoms with Crippen LogP contribution in [0.25, 0.3) is 0 Å². The van der Waals surface area contributed by atoms with Gasteiger partial charge in [0.15, 0.2) is 0 Å². The summed E-state index contributed by atoms with van der Waals surface area (Å²) in [6.45, 7) is 4.50. The van der Waals surface area contributed by atoms with E-state index in [2.05, 4.69) is 17.6 Å². The molecule has 0 bridgehead atoms. The standard InChI is InChI=1S/C19H25N3O3S.ClH/c1-13(15-3-2-8-20-10-15)9-17(23)21-16-6-4-14(5-7-16)11-22-18(24)12-26-19(22)25;/h4-7,13,15,20H,2-3,8-12H2,1H3,(H,21,23);1H. The summed E-state index contributed by atoms with van der Waals surface area (Å²) in [5.74, 6) is 1.01. The molecule has 0 spiro atoms. The van der Waals surface area contributed by atoms with Crippen molar-refractivity contribution in [3.8, 4) is 0 Å². The highest BCUT2D eigenvalue weighted by Gasteiger charge is 2.29. The van der Waals surface area contributed by atoms with Crippen molar-refractivity contribution < 1.29 is 14.4 Å². The van der Waals surface area contributed by atoms with Crippen LogP contribution in [-0.2, 0) is 16.1 Å². The number of nitrogens with zero attached hydrogens (tertiary/aromatic N) is 1. The first-order valence-corrected chi connectivity index (χ1v) is 10.1. The zero-order valence-electron chi connectivity index (χ0n) is 15.4. The van der Waals surface area contributed by atoms with E-state index in [4.69, 9.17) is 0 Å². The predicted octanol–water partition coefficient (Wildman–Crippen LogP) is 3.27. The van der Waals surface area contributed by atoms with E-state index in [1.54, 1.807) is 0 Å². The molecule has 2 saturated heterocycles. The van der Waals surface area contributed by atoms with Crippen LogP contribution in [0.15, 0.2) is 24.3 Å². The highest BCUT2D eigenvalue weighted by molar-refractivity contribution is 8.14. The number of amides is 3.